The van der Waals surface area contributed by atoms with Crippen LogP contribution in [0.15, 0.2) is 46.8 Å². The van der Waals surface area contributed by atoms with Crippen LogP contribution in [0.25, 0.3) is 0 Å². The van der Waals surface area contributed by atoms with Crippen LogP contribution in [0.3, 0.4) is 0 Å². The number of hydrogen-bond acceptors (Lipinski definition) is 8. The SMILES string of the molecule is CCC1=C(CC=C2COCO2)CC2C(=CCC(C)OC)C(C=CCOC)C(C)(N(C)C)CC(C)(C#N)N2C1CO. The molecule has 8 nitrogen and oxygen atoms in total. The van der Waals surface area contributed by atoms with E-state index >= 15 is 0 Å². The molecule has 8 heteroatoms. The maximum Gasteiger partial charge on any atom is 0.189 e. The summed E-state index contributed by atoms with van der Waals surface area (Å²) in [6.07, 6.45) is 12.6. The molecule has 2 saturated heterocycles. The topological polar surface area (TPSA) is 87.4 Å². The summed E-state index contributed by atoms with van der Waals surface area (Å²) in [7, 11) is 7.66. The molecule has 6 atom stereocenters. The Labute approximate surface area is 241 Å². The van der Waals surface area contributed by atoms with Crippen LogP contribution in [0.2, 0.25) is 0 Å². The van der Waals surface area contributed by atoms with E-state index in [1.165, 1.54) is 16.7 Å². The molecule has 2 fully saturated rings. The van der Waals surface area contributed by atoms with Crippen molar-refractivity contribution in [2.24, 2.45) is 5.92 Å². The molecular formula is C32H51N3O5. The van der Waals surface area contributed by atoms with Gasteiger partial charge in [0.05, 0.1) is 31.4 Å². The van der Waals surface area contributed by atoms with E-state index in [-0.39, 0.29) is 36.3 Å². The zero-order chi connectivity index (χ0) is 29.5. The molecule has 3 aliphatic rings. The zero-order valence-corrected chi connectivity index (χ0v) is 25.9. The van der Waals surface area contributed by atoms with Gasteiger partial charge >= 0.3 is 0 Å². The van der Waals surface area contributed by atoms with Crippen molar-refractivity contribution in [3.05, 3.63) is 46.8 Å². The van der Waals surface area contributed by atoms with Crippen LogP contribution in [0.1, 0.15) is 59.8 Å². The number of methoxy groups -OCH3 is 2. The van der Waals surface area contributed by atoms with Crippen LogP contribution >= 0.6 is 0 Å². The Morgan fingerprint density at radius 1 is 1.27 bits per heavy atom. The molecule has 3 heterocycles. The number of nitrogens with zero attached hydrogens (tertiary/aromatic N) is 3. The maximum atomic E-state index is 10.9. The highest BCUT2D eigenvalue weighted by Crippen LogP contribution is 2.51. The van der Waals surface area contributed by atoms with Gasteiger partial charge in [0.1, 0.15) is 17.9 Å². The Bertz CT molecular complexity index is 1020. The summed E-state index contributed by atoms with van der Waals surface area (Å²) in [4.78, 5) is 4.61. The number of allylic oxidation sites excluding steroid dienone is 1. The molecule has 6 unspecified atom stereocenters. The molecule has 0 aromatic carbocycles. The Morgan fingerprint density at radius 3 is 2.58 bits per heavy atom. The Hall–Kier alpha value is -1.99. The second kappa shape index (κ2) is 14.3. The van der Waals surface area contributed by atoms with Gasteiger partial charge in [-0.1, -0.05) is 36.3 Å². The molecule has 3 aliphatic heterocycles. The smallest absolute Gasteiger partial charge is 0.189 e. The minimum absolute atomic E-state index is 0.0260. The fraction of sp³-hybridized carbons (Fsp3) is 0.719. The van der Waals surface area contributed by atoms with Gasteiger partial charge in [0.15, 0.2) is 6.79 Å². The van der Waals surface area contributed by atoms with Crippen molar-refractivity contribution in [3.8, 4) is 6.07 Å². The number of nitriles is 1. The van der Waals surface area contributed by atoms with Gasteiger partial charge in [-0.3, -0.25) is 4.90 Å². The molecule has 3 rings (SSSR count). The van der Waals surface area contributed by atoms with Crippen molar-refractivity contribution in [2.45, 2.75) is 89.1 Å². The normalized spacial score (nSPS) is 34.4. The molecule has 40 heavy (non-hydrogen) atoms. The molecule has 0 saturated carbocycles. The van der Waals surface area contributed by atoms with Gasteiger partial charge in [0.25, 0.3) is 0 Å². The predicted octanol–water partition coefficient (Wildman–Crippen LogP) is 4.58. The van der Waals surface area contributed by atoms with Crippen molar-refractivity contribution in [1.29, 1.82) is 5.26 Å². The lowest BCUT2D eigenvalue weighted by Gasteiger charge is -2.50. The Kier molecular flexibility index (Phi) is 11.6. The van der Waals surface area contributed by atoms with Crippen LogP contribution in [-0.4, -0.2) is 99.1 Å². The number of ether oxygens (including phenoxy) is 4. The summed E-state index contributed by atoms with van der Waals surface area (Å²) < 4.78 is 22.1. The first-order valence-electron chi connectivity index (χ1n) is 14.6. The largest absolute Gasteiger partial charge is 0.470 e. The molecule has 0 amide bonds. The van der Waals surface area contributed by atoms with Gasteiger partial charge in [0, 0.05) is 31.7 Å². The molecule has 0 aromatic heterocycles. The third kappa shape index (κ3) is 6.73. The van der Waals surface area contributed by atoms with Crippen LogP contribution in [-0.2, 0) is 18.9 Å². The highest BCUT2D eigenvalue weighted by Gasteiger charge is 2.56. The monoisotopic (exact) mass is 557 g/mol. The average Bonchev–Trinajstić information content (AvgIpc) is 3.45. The highest BCUT2D eigenvalue weighted by atomic mass is 16.7. The van der Waals surface area contributed by atoms with Gasteiger partial charge in [-0.2, -0.15) is 5.26 Å². The predicted molar refractivity (Wildman–Crippen MR) is 157 cm³/mol. The summed E-state index contributed by atoms with van der Waals surface area (Å²) >= 11 is 0. The molecule has 0 aliphatic carbocycles. The quantitative estimate of drug-likeness (QED) is 0.370. The van der Waals surface area contributed by atoms with Gasteiger partial charge in [-0.15, -0.1) is 0 Å². The summed E-state index contributed by atoms with van der Waals surface area (Å²) in [5.41, 5.74) is 2.63. The zero-order valence-electron chi connectivity index (χ0n) is 25.9. The third-order valence-corrected chi connectivity index (χ3v) is 9.30. The van der Waals surface area contributed by atoms with E-state index in [1.807, 2.05) is 0 Å². The van der Waals surface area contributed by atoms with Crippen molar-refractivity contribution >= 4 is 0 Å². The summed E-state index contributed by atoms with van der Waals surface area (Å²) in [6.45, 7) is 9.83. The fourth-order valence-corrected chi connectivity index (χ4v) is 6.87. The van der Waals surface area contributed by atoms with Gasteiger partial charge < -0.3 is 29.0 Å². The molecule has 0 aromatic rings. The van der Waals surface area contributed by atoms with Gasteiger partial charge in [-0.25, -0.2) is 0 Å². The fourth-order valence-electron chi connectivity index (χ4n) is 6.87. The van der Waals surface area contributed by atoms with E-state index in [0.29, 0.717) is 26.4 Å². The summed E-state index contributed by atoms with van der Waals surface area (Å²) in [6, 6.07) is 2.42. The minimum atomic E-state index is -0.806. The number of aliphatic hydroxyl groups excluding tert-OH is 1. The number of rotatable bonds is 11. The van der Waals surface area contributed by atoms with Crippen LogP contribution in [0.5, 0.6) is 0 Å². The molecule has 0 radical (unpaired) electrons. The van der Waals surface area contributed by atoms with E-state index in [4.69, 9.17) is 18.9 Å². The lowest BCUT2D eigenvalue weighted by atomic mass is 9.72. The molecule has 1 N–H and O–H groups in total. The highest BCUT2D eigenvalue weighted by molar-refractivity contribution is 5.39. The molecule has 0 spiro atoms. The van der Waals surface area contributed by atoms with Crippen LogP contribution in [0.4, 0.5) is 0 Å². The first-order chi connectivity index (χ1) is 19.1. The number of fused-ring (bicyclic) bond motifs is 1. The van der Waals surface area contributed by atoms with Crippen molar-refractivity contribution in [1.82, 2.24) is 9.80 Å². The standard InChI is InChI=1S/C32H51N3O5/c1-9-26-24(13-14-25-19-39-22-40-25)17-29-27(15-12-23(2)38-8)28(11-10-16-37-7)32(4,34(5)6)20-31(3,21-33)35(29)30(26)18-36/h10-11,14-15,23,28-30,36H,9,12-13,16-20,22H2,1-8H3. The molecule has 224 valence electrons. The Balaban J connectivity index is 2.27. The average molecular weight is 558 g/mol. The van der Waals surface area contributed by atoms with E-state index in [1.54, 1.807) is 14.2 Å². The molecule has 0 bridgehead atoms. The van der Waals surface area contributed by atoms with Crippen LogP contribution < -0.4 is 0 Å². The second-order valence-electron chi connectivity index (χ2n) is 12.0. The van der Waals surface area contributed by atoms with Gasteiger partial charge in [0.2, 0.25) is 0 Å². The van der Waals surface area contributed by atoms with E-state index in [0.717, 1.165) is 31.4 Å². The maximum absolute atomic E-state index is 10.9. The van der Waals surface area contributed by atoms with Crippen molar-refractivity contribution in [3.63, 3.8) is 0 Å². The Morgan fingerprint density at radius 2 is 2.02 bits per heavy atom. The van der Waals surface area contributed by atoms with Crippen LogP contribution in [0, 0.1) is 17.2 Å². The first kappa shape index (κ1) is 32.5. The van der Waals surface area contributed by atoms with E-state index < -0.39 is 5.54 Å². The first-order valence-corrected chi connectivity index (χ1v) is 14.6. The van der Waals surface area contributed by atoms with E-state index in [9.17, 15) is 10.4 Å². The van der Waals surface area contributed by atoms with Gasteiger partial charge in [-0.05, 0) is 78.6 Å². The minimum Gasteiger partial charge on any atom is -0.470 e. The lowest BCUT2D eigenvalue weighted by molar-refractivity contribution is 0.0167. The third-order valence-electron chi connectivity index (χ3n) is 9.30. The summed E-state index contributed by atoms with van der Waals surface area (Å²) in [5, 5.41) is 21.8. The van der Waals surface area contributed by atoms with E-state index in [2.05, 4.69) is 82.0 Å². The van der Waals surface area contributed by atoms with Crippen molar-refractivity contribution < 1.29 is 24.1 Å². The molecular weight excluding hydrogens is 506 g/mol. The lowest BCUT2D eigenvalue weighted by Crippen LogP contribution is -2.61. The summed E-state index contributed by atoms with van der Waals surface area (Å²) in [5.74, 6) is 0.886. The number of hydrogen-bond donors (Lipinski definition) is 1. The van der Waals surface area contributed by atoms with Crippen molar-refractivity contribution in [2.75, 3.05) is 54.9 Å². The number of aliphatic hydroxyl groups is 1. The second-order valence-corrected chi connectivity index (χ2v) is 12.0.